The number of methoxy groups -OCH3 is 1. The Bertz CT molecular complexity index is 1210. The molecule has 1 aliphatic rings. The zero-order valence-electron chi connectivity index (χ0n) is 21.6. The number of esters is 1. The van der Waals surface area contributed by atoms with Gasteiger partial charge in [0.15, 0.2) is 0 Å². The second-order valence-electron chi connectivity index (χ2n) is 9.43. The maximum Gasteiger partial charge on any atom is 0.416 e. The van der Waals surface area contributed by atoms with Gasteiger partial charge < -0.3 is 14.4 Å². The van der Waals surface area contributed by atoms with Crippen LogP contribution in [-0.4, -0.2) is 35.7 Å². The van der Waals surface area contributed by atoms with Crippen LogP contribution >= 0.6 is 0 Å². The average molecular weight is 528 g/mol. The number of hydrogen-bond donors (Lipinski definition) is 0. The second kappa shape index (κ2) is 12.3. The van der Waals surface area contributed by atoms with Crippen molar-refractivity contribution in [1.29, 1.82) is 0 Å². The van der Waals surface area contributed by atoms with Crippen LogP contribution in [0.1, 0.15) is 54.0 Å². The molecule has 2 heterocycles. The van der Waals surface area contributed by atoms with Gasteiger partial charge in [-0.15, -0.1) is 0 Å². The van der Waals surface area contributed by atoms with E-state index in [9.17, 15) is 18.0 Å². The Hall–Kier alpha value is -3.62. The van der Waals surface area contributed by atoms with Crippen LogP contribution in [0.15, 0.2) is 54.9 Å². The highest BCUT2D eigenvalue weighted by atomic mass is 19.4. The number of benzene rings is 2. The number of carbonyl (C=O) groups excluding carboxylic acids is 1. The van der Waals surface area contributed by atoms with E-state index in [2.05, 4.69) is 9.97 Å². The predicted octanol–water partition coefficient (Wildman–Crippen LogP) is 5.95. The van der Waals surface area contributed by atoms with Gasteiger partial charge in [-0.25, -0.2) is 9.97 Å². The Morgan fingerprint density at radius 3 is 2.50 bits per heavy atom. The summed E-state index contributed by atoms with van der Waals surface area (Å²) in [7, 11) is 1.38. The monoisotopic (exact) mass is 527 g/mol. The van der Waals surface area contributed by atoms with Crippen molar-refractivity contribution in [3.63, 3.8) is 0 Å². The van der Waals surface area contributed by atoms with E-state index in [1.807, 2.05) is 30.0 Å². The lowest BCUT2D eigenvalue weighted by Crippen LogP contribution is -2.29. The Morgan fingerprint density at radius 2 is 1.84 bits per heavy atom. The molecule has 1 unspecified atom stereocenters. The number of rotatable bonds is 10. The lowest BCUT2D eigenvalue weighted by molar-refractivity contribution is -0.140. The molecule has 1 aromatic heterocycles. The summed E-state index contributed by atoms with van der Waals surface area (Å²) in [5.74, 6) is 1.08. The summed E-state index contributed by atoms with van der Waals surface area (Å²) in [6.45, 7) is 3.05. The minimum atomic E-state index is -4.37. The second-order valence-corrected chi connectivity index (χ2v) is 9.43. The van der Waals surface area contributed by atoms with E-state index >= 15 is 0 Å². The summed E-state index contributed by atoms with van der Waals surface area (Å²) in [6.07, 6.45) is 3.55. The number of nitrogens with zero attached hydrogens (tertiary/aromatic N) is 3. The van der Waals surface area contributed by atoms with E-state index in [1.54, 1.807) is 12.4 Å². The fraction of sp³-hybridized carbons (Fsp3) is 0.414. The number of aryl methyl sites for hydroxylation is 1. The zero-order valence-corrected chi connectivity index (χ0v) is 21.6. The molecular formula is C29H32F3N3O3. The van der Waals surface area contributed by atoms with Crippen LogP contribution in [0.4, 0.5) is 19.1 Å². The highest BCUT2D eigenvalue weighted by molar-refractivity contribution is 5.73. The van der Waals surface area contributed by atoms with Crippen molar-refractivity contribution in [3.8, 4) is 5.75 Å². The highest BCUT2D eigenvalue weighted by Crippen LogP contribution is 2.32. The summed E-state index contributed by atoms with van der Waals surface area (Å²) in [5.41, 5.74) is 3.10. The number of carbonyl (C=O) groups is 1. The third kappa shape index (κ3) is 7.02. The Morgan fingerprint density at radius 1 is 1.11 bits per heavy atom. The van der Waals surface area contributed by atoms with Gasteiger partial charge in [0.25, 0.3) is 0 Å². The molecule has 0 bridgehead atoms. The number of aromatic nitrogens is 2. The van der Waals surface area contributed by atoms with Crippen molar-refractivity contribution in [2.24, 2.45) is 0 Å². The summed E-state index contributed by atoms with van der Waals surface area (Å²) >= 11 is 0. The third-order valence-corrected chi connectivity index (χ3v) is 6.79. The molecular weight excluding hydrogens is 495 g/mol. The van der Waals surface area contributed by atoms with Gasteiger partial charge in [-0.1, -0.05) is 31.2 Å². The number of alkyl halides is 3. The molecule has 0 N–H and O–H groups in total. The molecule has 4 rings (SSSR count). The fourth-order valence-electron chi connectivity index (χ4n) is 4.62. The van der Waals surface area contributed by atoms with Crippen LogP contribution in [0.25, 0.3) is 0 Å². The van der Waals surface area contributed by atoms with Crippen molar-refractivity contribution < 1.29 is 27.4 Å². The van der Waals surface area contributed by atoms with Gasteiger partial charge in [0.2, 0.25) is 5.95 Å². The molecule has 2 aromatic carbocycles. The number of fused-ring (bicyclic) bond motifs is 1. The predicted molar refractivity (Wildman–Crippen MR) is 138 cm³/mol. The van der Waals surface area contributed by atoms with Gasteiger partial charge >= 0.3 is 12.1 Å². The topological polar surface area (TPSA) is 64.6 Å². The van der Waals surface area contributed by atoms with Gasteiger partial charge in [-0.3, -0.25) is 4.79 Å². The number of halogens is 3. The number of anilines is 1. The quantitative estimate of drug-likeness (QED) is 0.304. The van der Waals surface area contributed by atoms with E-state index in [0.29, 0.717) is 19.0 Å². The third-order valence-electron chi connectivity index (χ3n) is 6.79. The Labute approximate surface area is 220 Å². The van der Waals surface area contributed by atoms with Gasteiger partial charge in [-0.2, -0.15) is 13.2 Å². The van der Waals surface area contributed by atoms with Crippen LogP contribution in [0, 0.1) is 0 Å². The molecule has 38 heavy (non-hydrogen) atoms. The van der Waals surface area contributed by atoms with Crippen LogP contribution < -0.4 is 9.64 Å². The molecule has 202 valence electrons. The first kappa shape index (κ1) is 27.4. The normalized spacial score (nSPS) is 14.9. The molecule has 1 atom stereocenters. The minimum Gasteiger partial charge on any atom is -0.490 e. The smallest absolute Gasteiger partial charge is 0.416 e. The molecule has 0 fully saturated rings. The van der Waals surface area contributed by atoms with Crippen LogP contribution in [0.5, 0.6) is 5.75 Å². The van der Waals surface area contributed by atoms with E-state index in [0.717, 1.165) is 72.2 Å². The fourth-order valence-corrected chi connectivity index (χ4v) is 4.62. The number of hydrogen-bond acceptors (Lipinski definition) is 6. The van der Waals surface area contributed by atoms with E-state index < -0.39 is 11.7 Å². The highest BCUT2D eigenvalue weighted by Gasteiger charge is 2.30. The first-order valence-corrected chi connectivity index (χ1v) is 12.8. The first-order valence-electron chi connectivity index (χ1n) is 12.8. The molecule has 0 saturated carbocycles. The van der Waals surface area contributed by atoms with Crippen molar-refractivity contribution in [2.75, 3.05) is 18.6 Å². The van der Waals surface area contributed by atoms with Gasteiger partial charge in [-0.05, 0) is 72.6 Å². The van der Waals surface area contributed by atoms with Crippen molar-refractivity contribution >= 4 is 11.9 Å². The Kier molecular flexibility index (Phi) is 8.86. The van der Waals surface area contributed by atoms with Crippen molar-refractivity contribution in [2.45, 2.75) is 64.3 Å². The minimum absolute atomic E-state index is 0.0344. The standard InChI is InChI=1S/C29H32F3N3O3/c1-3-20-17-33-28(34-18-20)35(19-21-9-11-23(12-10-21)29(30,31)32)15-5-7-24-13-14-25-22(16-27(36)37-2)6-4-8-26(25)38-24/h4,6,8-12,17-18,24H,3,5,7,13-16,19H2,1-2H3. The van der Waals surface area contributed by atoms with Crippen LogP contribution in [0.2, 0.25) is 0 Å². The molecule has 0 radical (unpaired) electrons. The number of ether oxygens (including phenoxy) is 2. The summed E-state index contributed by atoms with van der Waals surface area (Å²) in [6, 6.07) is 11.0. The molecule has 0 spiro atoms. The van der Waals surface area contributed by atoms with Crippen molar-refractivity contribution in [1.82, 2.24) is 9.97 Å². The van der Waals surface area contributed by atoms with E-state index in [4.69, 9.17) is 9.47 Å². The van der Waals surface area contributed by atoms with Gasteiger partial charge in [0.1, 0.15) is 5.75 Å². The van der Waals surface area contributed by atoms with E-state index in [1.165, 1.54) is 19.2 Å². The molecule has 6 nitrogen and oxygen atoms in total. The Balaban J connectivity index is 1.40. The summed E-state index contributed by atoms with van der Waals surface area (Å²) < 4.78 is 50.0. The van der Waals surface area contributed by atoms with Crippen LogP contribution in [-0.2, 0) is 41.5 Å². The average Bonchev–Trinajstić information content (AvgIpc) is 2.92. The van der Waals surface area contributed by atoms with Gasteiger partial charge in [0, 0.05) is 25.5 Å². The van der Waals surface area contributed by atoms with Crippen LogP contribution in [0.3, 0.4) is 0 Å². The maximum absolute atomic E-state index is 13.0. The largest absolute Gasteiger partial charge is 0.490 e. The van der Waals surface area contributed by atoms with Gasteiger partial charge in [0.05, 0.1) is 25.2 Å². The lowest BCUT2D eigenvalue weighted by atomic mass is 9.94. The molecule has 0 aliphatic carbocycles. The zero-order chi connectivity index (χ0) is 27.1. The molecule has 9 heteroatoms. The summed E-state index contributed by atoms with van der Waals surface area (Å²) in [4.78, 5) is 22.8. The molecule has 0 saturated heterocycles. The van der Waals surface area contributed by atoms with E-state index in [-0.39, 0.29) is 18.5 Å². The maximum atomic E-state index is 13.0. The van der Waals surface area contributed by atoms with Crippen molar-refractivity contribution in [3.05, 3.63) is 82.7 Å². The summed E-state index contributed by atoms with van der Waals surface area (Å²) in [5, 5.41) is 0. The molecule has 0 amide bonds. The first-order chi connectivity index (χ1) is 18.3. The molecule has 3 aromatic rings. The SMILES string of the molecule is CCc1cnc(N(CCCC2CCc3c(CC(=O)OC)cccc3O2)Cc2ccc(C(F)(F)F)cc2)nc1. The molecule has 1 aliphatic heterocycles. The lowest BCUT2D eigenvalue weighted by Gasteiger charge is -2.29.